The summed E-state index contributed by atoms with van der Waals surface area (Å²) in [6.07, 6.45) is 3.67. The molecule has 1 aromatic heterocycles. The van der Waals surface area contributed by atoms with Gasteiger partial charge in [-0.25, -0.2) is 8.42 Å². The van der Waals surface area contributed by atoms with Crippen LogP contribution in [0.25, 0.3) is 0 Å². The van der Waals surface area contributed by atoms with E-state index in [1.807, 2.05) is 6.20 Å². The topological polar surface area (TPSA) is 64.0 Å². The van der Waals surface area contributed by atoms with Crippen molar-refractivity contribution >= 4 is 9.84 Å². The van der Waals surface area contributed by atoms with E-state index in [9.17, 15) is 8.42 Å². The van der Waals surface area contributed by atoms with Crippen molar-refractivity contribution in [1.29, 1.82) is 0 Å². The summed E-state index contributed by atoms with van der Waals surface area (Å²) in [7, 11) is -2.92. The van der Waals surface area contributed by atoms with E-state index in [0.29, 0.717) is 6.54 Å². The third kappa shape index (κ3) is 5.64. The van der Waals surface area contributed by atoms with Crippen LogP contribution in [0.3, 0.4) is 0 Å². The van der Waals surface area contributed by atoms with Crippen molar-refractivity contribution < 1.29 is 8.42 Å². The van der Waals surface area contributed by atoms with E-state index in [-0.39, 0.29) is 17.0 Å². The van der Waals surface area contributed by atoms with E-state index in [4.69, 9.17) is 0 Å². The molecule has 0 bridgehead atoms. The molecule has 104 valence electrons. The summed E-state index contributed by atoms with van der Waals surface area (Å²) in [5.41, 5.74) is 1.13. The largest absolute Gasteiger partial charge is 0.308 e. The minimum absolute atomic E-state index is 0.0631. The zero-order valence-corrected chi connectivity index (χ0v) is 12.4. The van der Waals surface area contributed by atoms with Gasteiger partial charge in [-0.1, -0.05) is 6.92 Å². The van der Waals surface area contributed by atoms with Gasteiger partial charge in [-0.05, 0) is 20.8 Å². The van der Waals surface area contributed by atoms with Crippen LogP contribution < -0.4 is 5.32 Å². The minimum atomic E-state index is -2.92. The third-order valence-electron chi connectivity index (χ3n) is 2.58. The smallest absolute Gasteiger partial charge is 0.151 e. The van der Waals surface area contributed by atoms with Crippen molar-refractivity contribution in [2.24, 2.45) is 0 Å². The molecule has 0 atom stereocenters. The zero-order chi connectivity index (χ0) is 13.8. The van der Waals surface area contributed by atoms with Gasteiger partial charge in [0.1, 0.15) is 0 Å². The normalized spacial score (nSPS) is 12.9. The summed E-state index contributed by atoms with van der Waals surface area (Å²) in [4.78, 5) is 0. The van der Waals surface area contributed by atoms with Gasteiger partial charge in [0.25, 0.3) is 0 Å². The Bertz CT molecular complexity index is 472. The predicted octanol–water partition coefficient (Wildman–Crippen LogP) is 1.21. The average molecular weight is 273 g/mol. The second-order valence-electron chi connectivity index (χ2n) is 5.45. The van der Waals surface area contributed by atoms with Gasteiger partial charge >= 0.3 is 0 Å². The molecule has 0 amide bonds. The first-order valence-electron chi connectivity index (χ1n) is 6.18. The van der Waals surface area contributed by atoms with E-state index < -0.39 is 9.84 Å². The fraction of sp³-hybridized carbons (Fsp3) is 0.750. The van der Waals surface area contributed by atoms with E-state index in [0.717, 1.165) is 12.1 Å². The molecule has 1 rings (SSSR count). The van der Waals surface area contributed by atoms with Crippen LogP contribution in [-0.2, 0) is 22.9 Å². The maximum atomic E-state index is 11.4. The van der Waals surface area contributed by atoms with Gasteiger partial charge < -0.3 is 5.32 Å². The Kier molecular flexibility index (Phi) is 4.92. The van der Waals surface area contributed by atoms with Gasteiger partial charge in [-0.2, -0.15) is 5.10 Å². The Labute approximate surface area is 109 Å². The number of aryl methyl sites for hydroxylation is 1. The molecule has 0 aliphatic carbocycles. The lowest BCUT2D eigenvalue weighted by molar-refractivity contribution is 0.424. The SMILES string of the molecule is CCS(=O)(=O)CCn1cc(CNC(C)(C)C)cn1. The van der Waals surface area contributed by atoms with Gasteiger partial charge in [0.2, 0.25) is 0 Å². The van der Waals surface area contributed by atoms with Crippen molar-refractivity contribution in [3.8, 4) is 0 Å². The molecular formula is C12H23N3O2S. The van der Waals surface area contributed by atoms with Crippen LogP contribution >= 0.6 is 0 Å². The fourth-order valence-electron chi connectivity index (χ4n) is 1.36. The summed E-state index contributed by atoms with van der Waals surface area (Å²) >= 11 is 0. The molecule has 0 unspecified atom stereocenters. The maximum absolute atomic E-state index is 11.4. The lowest BCUT2D eigenvalue weighted by Crippen LogP contribution is -2.34. The lowest BCUT2D eigenvalue weighted by atomic mass is 10.1. The summed E-state index contributed by atoms with van der Waals surface area (Å²) in [6, 6.07) is 0. The van der Waals surface area contributed by atoms with Crippen LogP contribution in [0.5, 0.6) is 0 Å². The molecule has 1 aromatic rings. The number of nitrogens with one attached hydrogen (secondary N) is 1. The van der Waals surface area contributed by atoms with Gasteiger partial charge in [0.15, 0.2) is 9.84 Å². The molecule has 0 spiro atoms. The van der Waals surface area contributed by atoms with Gasteiger partial charge in [0, 0.05) is 29.6 Å². The van der Waals surface area contributed by atoms with Crippen LogP contribution in [0.15, 0.2) is 12.4 Å². The number of nitrogens with zero attached hydrogens (tertiary/aromatic N) is 2. The van der Waals surface area contributed by atoms with Crippen molar-refractivity contribution in [2.75, 3.05) is 11.5 Å². The number of aromatic nitrogens is 2. The molecule has 0 fully saturated rings. The lowest BCUT2D eigenvalue weighted by Gasteiger charge is -2.19. The first-order chi connectivity index (χ1) is 8.22. The van der Waals surface area contributed by atoms with Gasteiger partial charge in [-0.15, -0.1) is 0 Å². The number of sulfone groups is 1. The van der Waals surface area contributed by atoms with Crippen molar-refractivity contribution in [1.82, 2.24) is 15.1 Å². The highest BCUT2D eigenvalue weighted by Gasteiger charge is 2.10. The highest BCUT2D eigenvalue weighted by molar-refractivity contribution is 7.91. The molecule has 0 radical (unpaired) electrons. The fourth-order valence-corrected chi connectivity index (χ4v) is 2.12. The standard InChI is InChI=1S/C12H23N3O2S/c1-5-18(16,17)7-6-15-10-11(9-14-15)8-13-12(2,3)4/h9-10,13H,5-8H2,1-4H3. The molecule has 0 saturated heterocycles. The minimum Gasteiger partial charge on any atom is -0.308 e. The van der Waals surface area contributed by atoms with E-state index >= 15 is 0 Å². The second kappa shape index (κ2) is 5.84. The van der Waals surface area contributed by atoms with E-state index in [1.165, 1.54) is 0 Å². The second-order valence-corrected chi connectivity index (χ2v) is 7.92. The van der Waals surface area contributed by atoms with Crippen LogP contribution in [0.2, 0.25) is 0 Å². The Morgan fingerprint density at radius 1 is 1.39 bits per heavy atom. The molecule has 0 aliphatic rings. The van der Waals surface area contributed by atoms with Crippen LogP contribution in [0.1, 0.15) is 33.3 Å². The van der Waals surface area contributed by atoms with Gasteiger partial charge in [-0.3, -0.25) is 4.68 Å². The van der Waals surface area contributed by atoms with E-state index in [1.54, 1.807) is 17.8 Å². The Balaban J connectivity index is 2.49. The average Bonchev–Trinajstić information content (AvgIpc) is 2.71. The molecule has 0 saturated carbocycles. The van der Waals surface area contributed by atoms with Crippen molar-refractivity contribution in [3.05, 3.63) is 18.0 Å². The maximum Gasteiger partial charge on any atom is 0.151 e. The van der Waals surface area contributed by atoms with E-state index in [2.05, 4.69) is 31.2 Å². The number of hydrogen-bond donors (Lipinski definition) is 1. The predicted molar refractivity (Wildman–Crippen MR) is 73.1 cm³/mol. The first kappa shape index (κ1) is 15.2. The summed E-state index contributed by atoms with van der Waals surface area (Å²) < 4.78 is 24.5. The van der Waals surface area contributed by atoms with Crippen molar-refractivity contribution in [2.45, 2.75) is 46.3 Å². The molecule has 0 aromatic carbocycles. The summed E-state index contributed by atoms with van der Waals surface area (Å²) in [6.45, 7) is 9.13. The summed E-state index contributed by atoms with van der Waals surface area (Å²) in [5, 5.41) is 7.53. The first-order valence-corrected chi connectivity index (χ1v) is 8.01. The molecule has 5 nitrogen and oxygen atoms in total. The number of rotatable bonds is 6. The molecular weight excluding hydrogens is 250 g/mol. The van der Waals surface area contributed by atoms with Crippen LogP contribution in [0.4, 0.5) is 0 Å². The zero-order valence-electron chi connectivity index (χ0n) is 11.6. The third-order valence-corrected chi connectivity index (χ3v) is 4.27. The van der Waals surface area contributed by atoms with Crippen molar-refractivity contribution in [3.63, 3.8) is 0 Å². The van der Waals surface area contributed by atoms with Crippen LogP contribution in [-0.4, -0.2) is 35.2 Å². The molecule has 1 heterocycles. The highest BCUT2D eigenvalue weighted by atomic mass is 32.2. The molecule has 6 heteroatoms. The Hall–Kier alpha value is -0.880. The highest BCUT2D eigenvalue weighted by Crippen LogP contribution is 2.04. The monoisotopic (exact) mass is 273 g/mol. The molecule has 1 N–H and O–H groups in total. The summed E-state index contributed by atoms with van der Waals surface area (Å²) in [5.74, 6) is 0.337. The molecule has 0 aliphatic heterocycles. The van der Waals surface area contributed by atoms with Crippen LogP contribution in [0, 0.1) is 0 Å². The Morgan fingerprint density at radius 3 is 2.61 bits per heavy atom. The Morgan fingerprint density at radius 2 is 2.06 bits per heavy atom. The quantitative estimate of drug-likeness (QED) is 0.846. The molecule has 18 heavy (non-hydrogen) atoms. The number of hydrogen-bond acceptors (Lipinski definition) is 4. The van der Waals surface area contributed by atoms with Gasteiger partial charge in [0.05, 0.1) is 18.5 Å².